The van der Waals surface area contributed by atoms with E-state index in [1.54, 1.807) is 6.92 Å². The molecule has 1 aromatic rings. The molecule has 0 aromatic carbocycles. The van der Waals surface area contributed by atoms with E-state index in [1.165, 1.54) is 12.1 Å². The summed E-state index contributed by atoms with van der Waals surface area (Å²) in [6, 6.07) is 2.66. The highest BCUT2D eigenvalue weighted by Gasteiger charge is 2.08. The van der Waals surface area contributed by atoms with E-state index in [4.69, 9.17) is 5.73 Å². The first kappa shape index (κ1) is 11.9. The number of primary amides is 1. The minimum absolute atomic E-state index is 0.0758. The Morgan fingerprint density at radius 3 is 2.81 bits per heavy atom. The highest BCUT2D eigenvalue weighted by molar-refractivity contribution is 5.74. The van der Waals surface area contributed by atoms with Crippen molar-refractivity contribution in [2.45, 2.75) is 19.4 Å². The molecule has 0 aliphatic carbocycles. The van der Waals surface area contributed by atoms with Gasteiger partial charge in [-0.15, -0.1) is 0 Å². The van der Waals surface area contributed by atoms with Crippen LogP contribution in [0.2, 0.25) is 0 Å². The Morgan fingerprint density at radius 2 is 2.38 bits per heavy atom. The first-order valence-corrected chi connectivity index (χ1v) is 4.64. The molecule has 0 aliphatic heterocycles. The SMILES string of the molecule is CC(CC(N)=O)Nc1ccc([N+](=O)[O-])cn1. The molecule has 0 fully saturated rings. The molecule has 7 heteroatoms. The van der Waals surface area contributed by atoms with Crippen LogP contribution in [0.3, 0.4) is 0 Å². The van der Waals surface area contributed by atoms with E-state index in [0.29, 0.717) is 5.82 Å². The van der Waals surface area contributed by atoms with Crippen LogP contribution in [0.5, 0.6) is 0 Å². The Balaban J connectivity index is 2.61. The number of nitrogens with zero attached hydrogens (tertiary/aromatic N) is 2. The monoisotopic (exact) mass is 224 g/mol. The number of hydrogen-bond donors (Lipinski definition) is 2. The second kappa shape index (κ2) is 5.06. The number of amides is 1. The van der Waals surface area contributed by atoms with Gasteiger partial charge in [-0.1, -0.05) is 0 Å². The van der Waals surface area contributed by atoms with Gasteiger partial charge in [0.2, 0.25) is 5.91 Å². The van der Waals surface area contributed by atoms with Gasteiger partial charge in [0, 0.05) is 18.5 Å². The molecule has 7 nitrogen and oxygen atoms in total. The number of nitro groups is 1. The molecule has 1 amide bonds. The van der Waals surface area contributed by atoms with Gasteiger partial charge in [-0.3, -0.25) is 14.9 Å². The molecule has 0 saturated heterocycles. The highest BCUT2D eigenvalue weighted by Crippen LogP contribution is 2.12. The number of hydrogen-bond acceptors (Lipinski definition) is 5. The van der Waals surface area contributed by atoms with Gasteiger partial charge >= 0.3 is 0 Å². The van der Waals surface area contributed by atoms with Crippen molar-refractivity contribution < 1.29 is 9.72 Å². The van der Waals surface area contributed by atoms with Crippen LogP contribution in [-0.2, 0) is 4.79 Å². The molecule has 1 atom stereocenters. The summed E-state index contributed by atoms with van der Waals surface area (Å²) in [6.07, 6.45) is 1.33. The van der Waals surface area contributed by atoms with Crippen molar-refractivity contribution in [2.24, 2.45) is 5.73 Å². The van der Waals surface area contributed by atoms with Crippen molar-refractivity contribution in [3.8, 4) is 0 Å². The van der Waals surface area contributed by atoms with Gasteiger partial charge in [0.1, 0.15) is 12.0 Å². The summed E-state index contributed by atoms with van der Waals surface area (Å²) in [5, 5.41) is 13.3. The molecular formula is C9H12N4O3. The van der Waals surface area contributed by atoms with Crippen molar-refractivity contribution in [3.63, 3.8) is 0 Å². The highest BCUT2D eigenvalue weighted by atomic mass is 16.6. The fourth-order valence-electron chi connectivity index (χ4n) is 1.18. The van der Waals surface area contributed by atoms with Gasteiger partial charge in [-0.2, -0.15) is 0 Å². The maximum atomic E-state index is 10.6. The van der Waals surface area contributed by atoms with Gasteiger partial charge < -0.3 is 11.1 Å². The number of aromatic nitrogens is 1. The van der Waals surface area contributed by atoms with Crippen LogP contribution in [0.4, 0.5) is 11.5 Å². The van der Waals surface area contributed by atoms with E-state index in [2.05, 4.69) is 10.3 Å². The Hall–Kier alpha value is -2.18. The zero-order valence-corrected chi connectivity index (χ0v) is 8.71. The van der Waals surface area contributed by atoms with Crippen LogP contribution in [0.1, 0.15) is 13.3 Å². The molecule has 1 aromatic heterocycles. The van der Waals surface area contributed by atoms with Gasteiger partial charge in [-0.25, -0.2) is 4.98 Å². The third kappa shape index (κ3) is 3.52. The first-order chi connectivity index (χ1) is 7.49. The van der Waals surface area contributed by atoms with Crippen molar-refractivity contribution in [1.82, 2.24) is 4.98 Å². The zero-order chi connectivity index (χ0) is 12.1. The molecule has 1 heterocycles. The van der Waals surface area contributed by atoms with E-state index in [0.717, 1.165) is 6.20 Å². The molecule has 1 unspecified atom stereocenters. The maximum Gasteiger partial charge on any atom is 0.287 e. The average molecular weight is 224 g/mol. The normalized spacial score (nSPS) is 11.8. The van der Waals surface area contributed by atoms with E-state index in [9.17, 15) is 14.9 Å². The van der Waals surface area contributed by atoms with Gasteiger partial charge in [-0.05, 0) is 13.0 Å². The molecule has 86 valence electrons. The Labute approximate surface area is 91.8 Å². The zero-order valence-electron chi connectivity index (χ0n) is 8.71. The molecule has 0 spiro atoms. The number of anilines is 1. The van der Waals surface area contributed by atoms with Gasteiger partial charge in [0.25, 0.3) is 5.69 Å². The summed E-state index contributed by atoms with van der Waals surface area (Å²) in [5.74, 6) is 0.0567. The summed E-state index contributed by atoms with van der Waals surface area (Å²) in [4.78, 5) is 24.3. The van der Waals surface area contributed by atoms with Gasteiger partial charge in [0.05, 0.1) is 4.92 Å². The average Bonchev–Trinajstić information content (AvgIpc) is 2.16. The summed E-state index contributed by atoms with van der Waals surface area (Å²) in [7, 11) is 0. The maximum absolute atomic E-state index is 10.6. The van der Waals surface area contributed by atoms with Crippen LogP contribution in [0.15, 0.2) is 18.3 Å². The lowest BCUT2D eigenvalue weighted by Gasteiger charge is -2.11. The summed E-state index contributed by atoms with van der Waals surface area (Å²) in [6.45, 7) is 1.77. The molecule has 0 bridgehead atoms. The summed E-state index contributed by atoms with van der Waals surface area (Å²) < 4.78 is 0. The topological polar surface area (TPSA) is 111 Å². The number of carbonyl (C=O) groups is 1. The van der Waals surface area contributed by atoms with E-state index in [-0.39, 0.29) is 18.2 Å². The van der Waals surface area contributed by atoms with Crippen molar-refractivity contribution in [1.29, 1.82) is 0 Å². The summed E-state index contributed by atoms with van der Waals surface area (Å²) in [5.41, 5.74) is 4.95. The predicted molar refractivity (Wildman–Crippen MR) is 57.8 cm³/mol. The van der Waals surface area contributed by atoms with Crippen LogP contribution in [0.25, 0.3) is 0 Å². The third-order valence-electron chi connectivity index (χ3n) is 1.86. The van der Waals surface area contributed by atoms with Crippen LogP contribution in [0, 0.1) is 10.1 Å². The van der Waals surface area contributed by atoms with E-state index in [1.807, 2.05) is 0 Å². The number of carbonyl (C=O) groups excluding carboxylic acids is 1. The molecule has 0 saturated carbocycles. The lowest BCUT2D eigenvalue weighted by atomic mass is 10.2. The lowest BCUT2D eigenvalue weighted by Crippen LogP contribution is -2.24. The summed E-state index contributed by atoms with van der Waals surface area (Å²) >= 11 is 0. The quantitative estimate of drug-likeness (QED) is 0.563. The second-order valence-electron chi connectivity index (χ2n) is 3.37. The number of nitrogens with one attached hydrogen (secondary N) is 1. The Morgan fingerprint density at radius 1 is 1.69 bits per heavy atom. The largest absolute Gasteiger partial charge is 0.370 e. The number of pyridine rings is 1. The fourth-order valence-corrected chi connectivity index (χ4v) is 1.18. The Kier molecular flexibility index (Phi) is 3.76. The molecule has 16 heavy (non-hydrogen) atoms. The van der Waals surface area contributed by atoms with Gasteiger partial charge in [0.15, 0.2) is 0 Å². The first-order valence-electron chi connectivity index (χ1n) is 4.64. The van der Waals surface area contributed by atoms with E-state index >= 15 is 0 Å². The van der Waals surface area contributed by atoms with Crippen molar-refractivity contribution >= 4 is 17.4 Å². The minimum atomic E-state index is -0.524. The molecule has 0 aliphatic rings. The predicted octanol–water partition coefficient (Wildman–Crippen LogP) is 0.666. The molecule has 1 rings (SSSR count). The standard InChI is InChI=1S/C9H12N4O3/c1-6(4-8(10)14)12-9-3-2-7(5-11-9)13(15)16/h2-3,5-6H,4H2,1H3,(H2,10,14)(H,11,12). The lowest BCUT2D eigenvalue weighted by molar-refractivity contribution is -0.385. The van der Waals surface area contributed by atoms with Crippen molar-refractivity contribution in [3.05, 3.63) is 28.4 Å². The third-order valence-corrected chi connectivity index (χ3v) is 1.86. The smallest absolute Gasteiger partial charge is 0.287 e. The fraction of sp³-hybridized carbons (Fsp3) is 0.333. The number of rotatable bonds is 5. The molecular weight excluding hydrogens is 212 g/mol. The van der Waals surface area contributed by atoms with Crippen LogP contribution in [-0.4, -0.2) is 21.9 Å². The van der Waals surface area contributed by atoms with Crippen LogP contribution >= 0.6 is 0 Å². The molecule has 0 radical (unpaired) electrons. The van der Waals surface area contributed by atoms with Crippen molar-refractivity contribution in [2.75, 3.05) is 5.32 Å². The van der Waals surface area contributed by atoms with Crippen LogP contribution < -0.4 is 11.1 Å². The van der Waals surface area contributed by atoms with E-state index < -0.39 is 10.8 Å². The molecule has 3 N–H and O–H groups in total. The Bertz CT molecular complexity index is 390. The second-order valence-corrected chi connectivity index (χ2v) is 3.37. The minimum Gasteiger partial charge on any atom is -0.370 e. The number of nitrogens with two attached hydrogens (primary N) is 1.